The molecule has 0 radical (unpaired) electrons. The molecule has 3 aliphatic rings. The fraction of sp³-hybridized carbons (Fsp3) is 0.913. The molecule has 0 bridgehead atoms. The molecule has 1 aliphatic carbocycles. The van der Waals surface area contributed by atoms with E-state index in [1.165, 1.54) is 32.4 Å². The van der Waals surface area contributed by atoms with E-state index in [0.29, 0.717) is 11.9 Å². The minimum Gasteiger partial charge on any atom is -0.357 e. The minimum absolute atomic E-state index is 0. The summed E-state index contributed by atoms with van der Waals surface area (Å²) in [6, 6.07) is 0.321. The van der Waals surface area contributed by atoms with Crippen molar-refractivity contribution in [3.05, 3.63) is 0 Å². The Morgan fingerprint density at radius 1 is 1.07 bits per heavy atom. The number of carbonyl (C=O) groups excluding carboxylic acids is 1. The lowest BCUT2D eigenvalue weighted by Gasteiger charge is -2.34. The van der Waals surface area contributed by atoms with Crippen LogP contribution in [0.5, 0.6) is 0 Å². The van der Waals surface area contributed by atoms with Crippen LogP contribution in [0, 0.1) is 17.8 Å². The Labute approximate surface area is 201 Å². The third-order valence-corrected chi connectivity index (χ3v) is 6.74. The zero-order valence-electron chi connectivity index (χ0n) is 19.4. The van der Waals surface area contributed by atoms with Crippen LogP contribution in [0.25, 0.3) is 0 Å². The fourth-order valence-corrected chi connectivity index (χ4v) is 5.48. The lowest BCUT2D eigenvalue weighted by Crippen LogP contribution is -2.45. The van der Waals surface area contributed by atoms with E-state index in [9.17, 15) is 4.79 Å². The summed E-state index contributed by atoms with van der Waals surface area (Å²) in [7, 11) is 0. The van der Waals surface area contributed by atoms with E-state index >= 15 is 0 Å². The first kappa shape index (κ1) is 25.7. The van der Waals surface area contributed by atoms with Crippen molar-refractivity contribution in [1.82, 2.24) is 20.4 Å². The summed E-state index contributed by atoms with van der Waals surface area (Å²) in [4.78, 5) is 22.2. The van der Waals surface area contributed by atoms with Crippen molar-refractivity contribution in [3.8, 4) is 0 Å². The molecule has 3 unspecified atom stereocenters. The molecule has 0 aromatic carbocycles. The van der Waals surface area contributed by atoms with Crippen molar-refractivity contribution in [2.24, 2.45) is 22.7 Å². The number of nitrogens with zero attached hydrogens (tertiary/aromatic N) is 3. The van der Waals surface area contributed by atoms with Gasteiger partial charge in [-0.1, -0.05) is 26.7 Å². The standard InChI is InChI=1S/C23H43N5O.HI/c1-4-24-23(25-11-7-12-27-15-18(2)14-19(3)16-27)26-21-10-13-28(17-21)22(29)20-8-5-6-9-20;/h18-21H,4-17H2,1-3H3,(H2,24,25,26);1H. The number of hydrogen-bond donors (Lipinski definition) is 2. The van der Waals surface area contributed by atoms with Gasteiger partial charge in [-0.25, -0.2) is 0 Å². The highest BCUT2D eigenvalue weighted by Gasteiger charge is 2.32. The van der Waals surface area contributed by atoms with Gasteiger partial charge in [0, 0.05) is 51.2 Å². The van der Waals surface area contributed by atoms with Crippen molar-refractivity contribution in [2.45, 2.75) is 71.8 Å². The predicted octanol–water partition coefficient (Wildman–Crippen LogP) is 3.32. The number of halogens is 1. The first-order valence-corrected chi connectivity index (χ1v) is 12.1. The number of likely N-dealkylation sites (tertiary alicyclic amines) is 2. The molecular weight excluding hydrogens is 489 g/mol. The summed E-state index contributed by atoms with van der Waals surface area (Å²) in [5.41, 5.74) is 0. The quantitative estimate of drug-likeness (QED) is 0.228. The van der Waals surface area contributed by atoms with Crippen molar-refractivity contribution >= 4 is 35.8 Å². The fourth-order valence-electron chi connectivity index (χ4n) is 5.48. The van der Waals surface area contributed by atoms with E-state index in [1.807, 2.05) is 0 Å². The summed E-state index contributed by atoms with van der Waals surface area (Å²) in [5.74, 6) is 3.22. The van der Waals surface area contributed by atoms with Crippen molar-refractivity contribution in [3.63, 3.8) is 0 Å². The van der Waals surface area contributed by atoms with E-state index in [-0.39, 0.29) is 29.9 Å². The van der Waals surface area contributed by atoms with Gasteiger partial charge in [0.15, 0.2) is 5.96 Å². The summed E-state index contributed by atoms with van der Waals surface area (Å²) < 4.78 is 0. The first-order chi connectivity index (χ1) is 14.0. The normalized spacial score (nSPS) is 28.4. The van der Waals surface area contributed by atoms with Crippen LogP contribution >= 0.6 is 24.0 Å². The second kappa shape index (κ2) is 13.1. The van der Waals surface area contributed by atoms with E-state index in [2.05, 4.69) is 41.2 Å². The monoisotopic (exact) mass is 533 g/mol. The Morgan fingerprint density at radius 3 is 2.43 bits per heavy atom. The lowest BCUT2D eigenvalue weighted by atomic mass is 9.92. The Balaban J connectivity index is 0.00000320. The van der Waals surface area contributed by atoms with Gasteiger partial charge >= 0.3 is 0 Å². The smallest absolute Gasteiger partial charge is 0.225 e. The predicted molar refractivity (Wildman–Crippen MR) is 135 cm³/mol. The molecule has 3 atom stereocenters. The number of rotatable bonds is 7. The van der Waals surface area contributed by atoms with Crippen molar-refractivity contribution in [2.75, 3.05) is 45.8 Å². The van der Waals surface area contributed by atoms with E-state index in [4.69, 9.17) is 4.99 Å². The lowest BCUT2D eigenvalue weighted by molar-refractivity contribution is -0.134. The number of hydrogen-bond acceptors (Lipinski definition) is 3. The Kier molecular flexibility index (Phi) is 11.2. The highest BCUT2D eigenvalue weighted by atomic mass is 127. The van der Waals surface area contributed by atoms with Gasteiger partial charge in [-0.15, -0.1) is 24.0 Å². The molecule has 2 saturated heterocycles. The zero-order chi connectivity index (χ0) is 20.6. The van der Waals surface area contributed by atoms with Crippen molar-refractivity contribution < 1.29 is 4.79 Å². The number of aliphatic imine (C=N–C) groups is 1. The van der Waals surface area contributed by atoms with Gasteiger partial charge in [0.05, 0.1) is 0 Å². The van der Waals surface area contributed by atoms with Crippen LogP contribution in [0.4, 0.5) is 0 Å². The molecule has 2 N–H and O–H groups in total. The number of nitrogens with one attached hydrogen (secondary N) is 2. The summed E-state index contributed by atoms with van der Waals surface area (Å²) in [6.45, 7) is 13.9. The first-order valence-electron chi connectivity index (χ1n) is 12.1. The highest BCUT2D eigenvalue weighted by Crippen LogP contribution is 2.27. The van der Waals surface area contributed by atoms with Crippen LogP contribution in [0.1, 0.15) is 65.7 Å². The largest absolute Gasteiger partial charge is 0.357 e. The molecule has 30 heavy (non-hydrogen) atoms. The molecule has 3 rings (SSSR count). The van der Waals surface area contributed by atoms with Gasteiger partial charge in [0.1, 0.15) is 0 Å². The maximum absolute atomic E-state index is 12.7. The van der Waals surface area contributed by atoms with E-state index in [1.54, 1.807) is 0 Å². The Bertz CT molecular complexity index is 542. The highest BCUT2D eigenvalue weighted by molar-refractivity contribution is 14.0. The molecule has 2 heterocycles. The molecule has 3 fully saturated rings. The van der Waals surface area contributed by atoms with Crippen LogP contribution in [0.2, 0.25) is 0 Å². The number of piperidine rings is 1. The summed E-state index contributed by atoms with van der Waals surface area (Å²) >= 11 is 0. The molecule has 7 heteroatoms. The molecule has 6 nitrogen and oxygen atoms in total. The minimum atomic E-state index is 0. The molecular formula is C23H44IN5O. The number of carbonyl (C=O) groups is 1. The Morgan fingerprint density at radius 2 is 1.77 bits per heavy atom. The van der Waals surface area contributed by atoms with Gasteiger partial charge in [0.25, 0.3) is 0 Å². The topological polar surface area (TPSA) is 60.0 Å². The van der Waals surface area contributed by atoms with Crippen LogP contribution in [0.15, 0.2) is 4.99 Å². The molecule has 174 valence electrons. The molecule has 0 aromatic heterocycles. The molecule has 1 saturated carbocycles. The molecule has 1 amide bonds. The third-order valence-electron chi connectivity index (χ3n) is 6.74. The van der Waals surface area contributed by atoms with Crippen molar-refractivity contribution in [1.29, 1.82) is 0 Å². The van der Waals surface area contributed by atoms with E-state index in [0.717, 1.165) is 76.2 Å². The van der Waals surface area contributed by atoms with Gasteiger partial charge < -0.3 is 20.4 Å². The Hall–Kier alpha value is -0.570. The average Bonchev–Trinajstić information content (AvgIpc) is 3.36. The van der Waals surface area contributed by atoms with Crippen LogP contribution < -0.4 is 10.6 Å². The van der Waals surface area contributed by atoms with E-state index < -0.39 is 0 Å². The number of amides is 1. The number of guanidine groups is 1. The van der Waals surface area contributed by atoms with Gasteiger partial charge in [-0.2, -0.15) is 0 Å². The molecule has 0 aromatic rings. The maximum Gasteiger partial charge on any atom is 0.225 e. The zero-order valence-corrected chi connectivity index (χ0v) is 21.7. The van der Waals surface area contributed by atoms with Crippen LogP contribution in [-0.4, -0.2) is 73.5 Å². The van der Waals surface area contributed by atoms with Gasteiger partial charge in [0.2, 0.25) is 5.91 Å². The maximum atomic E-state index is 12.7. The van der Waals surface area contributed by atoms with Gasteiger partial charge in [-0.05, 0) is 57.4 Å². The average molecular weight is 534 g/mol. The third kappa shape index (κ3) is 7.84. The second-order valence-corrected chi connectivity index (χ2v) is 9.72. The SMILES string of the molecule is CCNC(=NCCCN1CC(C)CC(C)C1)NC1CCN(C(=O)C2CCCC2)C1.I. The molecule has 2 aliphatic heterocycles. The summed E-state index contributed by atoms with van der Waals surface area (Å²) in [5, 5.41) is 6.96. The van der Waals surface area contributed by atoms with Gasteiger partial charge in [-0.3, -0.25) is 9.79 Å². The summed E-state index contributed by atoms with van der Waals surface area (Å²) in [6.07, 6.45) is 8.11. The molecule has 0 spiro atoms. The second-order valence-electron chi connectivity index (χ2n) is 9.72. The van der Waals surface area contributed by atoms with Crippen LogP contribution in [0.3, 0.4) is 0 Å². The van der Waals surface area contributed by atoms with Crippen LogP contribution in [-0.2, 0) is 4.79 Å².